The number of amides is 1. The molecule has 39 heavy (non-hydrogen) atoms. The van der Waals surface area contributed by atoms with E-state index in [-0.39, 0.29) is 23.5 Å². The first kappa shape index (κ1) is 27.4. The molecule has 0 unspecified atom stereocenters. The molecule has 0 atom stereocenters. The zero-order valence-electron chi connectivity index (χ0n) is 22.3. The third kappa shape index (κ3) is 5.89. The fourth-order valence-electron chi connectivity index (χ4n) is 6.09. The molecule has 6 nitrogen and oxygen atoms in total. The molecule has 0 spiro atoms. The van der Waals surface area contributed by atoms with Crippen LogP contribution < -0.4 is 10.5 Å². The van der Waals surface area contributed by atoms with Crippen LogP contribution in [0.15, 0.2) is 42.6 Å². The highest BCUT2D eigenvalue weighted by Crippen LogP contribution is 2.42. The van der Waals surface area contributed by atoms with Crippen molar-refractivity contribution in [3.8, 4) is 16.9 Å². The molecule has 208 valence electrons. The predicted octanol–water partition coefficient (Wildman–Crippen LogP) is 5.87. The van der Waals surface area contributed by atoms with Crippen molar-refractivity contribution in [3.63, 3.8) is 0 Å². The van der Waals surface area contributed by atoms with Gasteiger partial charge in [0.1, 0.15) is 5.75 Å². The number of rotatable bonds is 7. The molecule has 2 aromatic carbocycles. The molecule has 0 aliphatic carbocycles. The van der Waals surface area contributed by atoms with E-state index in [2.05, 4.69) is 14.8 Å². The van der Waals surface area contributed by atoms with E-state index >= 15 is 0 Å². The van der Waals surface area contributed by atoms with Gasteiger partial charge in [-0.25, -0.2) is 0 Å². The number of primary amides is 1. The van der Waals surface area contributed by atoms with E-state index in [0.717, 1.165) is 37.6 Å². The van der Waals surface area contributed by atoms with Crippen LogP contribution in [0.2, 0.25) is 0 Å². The second-order valence-electron chi connectivity index (χ2n) is 10.5. The normalized spacial score (nSPS) is 17.9. The Morgan fingerprint density at radius 1 is 1.05 bits per heavy atom. The summed E-state index contributed by atoms with van der Waals surface area (Å²) in [5.74, 6) is -0.336. The number of aromatic nitrogens is 1. The molecule has 5 rings (SSSR count). The van der Waals surface area contributed by atoms with Gasteiger partial charge >= 0.3 is 6.18 Å². The first-order valence-corrected chi connectivity index (χ1v) is 13.8. The Bertz CT molecular complexity index is 1330. The number of hydrogen-bond acceptors (Lipinski definition) is 5. The molecule has 0 radical (unpaired) electrons. The minimum Gasteiger partial charge on any atom is -0.493 e. The van der Waals surface area contributed by atoms with Gasteiger partial charge in [-0.15, -0.1) is 0 Å². The molecule has 9 heteroatoms. The molecular formula is C30H35F3N4O2. The first-order valence-electron chi connectivity index (χ1n) is 13.8. The minimum atomic E-state index is -4.54. The Morgan fingerprint density at radius 2 is 1.77 bits per heavy atom. The topological polar surface area (TPSA) is 71.7 Å². The number of alkyl halides is 3. The van der Waals surface area contributed by atoms with E-state index in [4.69, 9.17) is 10.5 Å². The van der Waals surface area contributed by atoms with Crippen LogP contribution >= 0.6 is 0 Å². The summed E-state index contributed by atoms with van der Waals surface area (Å²) >= 11 is 0. The average molecular weight is 541 g/mol. The zero-order chi connectivity index (χ0) is 27.6. The van der Waals surface area contributed by atoms with Gasteiger partial charge in [0.2, 0.25) is 5.91 Å². The van der Waals surface area contributed by atoms with Crippen molar-refractivity contribution in [2.45, 2.75) is 57.8 Å². The van der Waals surface area contributed by atoms with Crippen LogP contribution in [-0.2, 0) is 12.7 Å². The Hall–Kier alpha value is -3.17. The van der Waals surface area contributed by atoms with Gasteiger partial charge in [0.05, 0.1) is 23.3 Å². The Morgan fingerprint density at radius 3 is 2.44 bits per heavy atom. The maximum Gasteiger partial charge on any atom is 0.417 e. The highest BCUT2D eigenvalue weighted by atomic mass is 19.4. The van der Waals surface area contributed by atoms with Gasteiger partial charge in [-0.1, -0.05) is 24.6 Å². The van der Waals surface area contributed by atoms with Crippen molar-refractivity contribution in [2.24, 2.45) is 5.73 Å². The van der Waals surface area contributed by atoms with Gasteiger partial charge in [0.25, 0.3) is 0 Å². The van der Waals surface area contributed by atoms with Crippen LogP contribution in [0.25, 0.3) is 22.0 Å². The SMILES string of the molecule is CCOc1cc2c(C(N)=O)c(CN3CCC(N4CCCCC4)CC3)cnc2cc1-c1ccccc1C(F)(F)F. The molecule has 3 heterocycles. The maximum absolute atomic E-state index is 13.8. The number of halogens is 3. The largest absolute Gasteiger partial charge is 0.493 e. The van der Waals surface area contributed by atoms with Crippen LogP contribution in [0, 0.1) is 0 Å². The molecule has 2 aliphatic rings. The lowest BCUT2D eigenvalue weighted by atomic mass is 9.94. The molecule has 1 amide bonds. The smallest absolute Gasteiger partial charge is 0.417 e. The van der Waals surface area contributed by atoms with E-state index in [0.29, 0.717) is 29.1 Å². The molecule has 2 fully saturated rings. The maximum atomic E-state index is 13.8. The fraction of sp³-hybridized carbons (Fsp3) is 0.467. The number of benzene rings is 2. The second kappa shape index (κ2) is 11.5. The summed E-state index contributed by atoms with van der Waals surface area (Å²) in [4.78, 5) is 22.3. The van der Waals surface area contributed by atoms with Crippen LogP contribution in [0.1, 0.15) is 60.5 Å². The summed E-state index contributed by atoms with van der Waals surface area (Å²) in [5, 5.41) is 0.486. The number of hydrogen-bond donors (Lipinski definition) is 1. The van der Waals surface area contributed by atoms with Gasteiger partial charge in [-0.05, 0) is 88.1 Å². The summed E-state index contributed by atoms with van der Waals surface area (Å²) in [7, 11) is 0. The van der Waals surface area contributed by atoms with Crippen molar-refractivity contribution in [2.75, 3.05) is 32.8 Å². The number of nitrogens with two attached hydrogens (primary N) is 1. The number of piperidine rings is 2. The molecule has 0 saturated carbocycles. The van der Waals surface area contributed by atoms with Gasteiger partial charge in [-0.2, -0.15) is 13.2 Å². The van der Waals surface area contributed by atoms with E-state index in [1.54, 1.807) is 31.3 Å². The summed E-state index contributed by atoms with van der Waals surface area (Å²) in [5.41, 5.74) is 6.85. The van der Waals surface area contributed by atoms with E-state index < -0.39 is 17.6 Å². The second-order valence-corrected chi connectivity index (χ2v) is 10.5. The van der Waals surface area contributed by atoms with Crippen LogP contribution in [0.3, 0.4) is 0 Å². The number of fused-ring (bicyclic) bond motifs is 1. The van der Waals surface area contributed by atoms with E-state index in [9.17, 15) is 18.0 Å². The Kier molecular flexibility index (Phi) is 8.09. The van der Waals surface area contributed by atoms with Crippen molar-refractivity contribution in [3.05, 3.63) is 59.3 Å². The summed E-state index contributed by atoms with van der Waals surface area (Å²) in [6.07, 6.45) is 3.15. The first-order chi connectivity index (χ1) is 18.8. The number of nitrogens with zero attached hydrogens (tertiary/aromatic N) is 3. The molecule has 2 saturated heterocycles. The highest BCUT2D eigenvalue weighted by molar-refractivity contribution is 6.08. The monoisotopic (exact) mass is 540 g/mol. The zero-order valence-corrected chi connectivity index (χ0v) is 22.3. The number of pyridine rings is 1. The Labute approximate surface area is 226 Å². The molecule has 0 bridgehead atoms. The van der Waals surface area contributed by atoms with Crippen molar-refractivity contribution >= 4 is 16.8 Å². The van der Waals surface area contributed by atoms with Crippen LogP contribution in [0.5, 0.6) is 5.75 Å². The lowest BCUT2D eigenvalue weighted by Gasteiger charge is -2.40. The predicted molar refractivity (Wildman–Crippen MR) is 146 cm³/mol. The summed E-state index contributed by atoms with van der Waals surface area (Å²) in [6, 6.07) is 9.17. The van der Waals surface area contributed by atoms with Crippen LogP contribution in [0.4, 0.5) is 13.2 Å². The fourth-order valence-corrected chi connectivity index (χ4v) is 6.09. The third-order valence-corrected chi connectivity index (χ3v) is 7.97. The molecule has 1 aromatic heterocycles. The number of carbonyl (C=O) groups excluding carboxylic acids is 1. The van der Waals surface area contributed by atoms with E-state index in [1.807, 2.05) is 0 Å². The lowest BCUT2D eigenvalue weighted by molar-refractivity contribution is -0.137. The van der Waals surface area contributed by atoms with Crippen molar-refractivity contribution in [1.29, 1.82) is 0 Å². The molecular weight excluding hydrogens is 505 g/mol. The average Bonchev–Trinajstić information content (AvgIpc) is 2.93. The Balaban J connectivity index is 1.47. The third-order valence-electron chi connectivity index (χ3n) is 7.97. The lowest BCUT2D eigenvalue weighted by Crippen LogP contribution is -2.46. The van der Waals surface area contributed by atoms with Gasteiger partial charge in [-0.3, -0.25) is 14.7 Å². The minimum absolute atomic E-state index is 0.00146. The number of likely N-dealkylation sites (tertiary alicyclic amines) is 2. The quantitative estimate of drug-likeness (QED) is 0.406. The van der Waals surface area contributed by atoms with Crippen molar-refractivity contribution < 1.29 is 22.7 Å². The van der Waals surface area contributed by atoms with E-state index in [1.165, 1.54) is 44.5 Å². The number of carbonyl (C=O) groups is 1. The standard InChI is InChI=1S/C30H35F3N4O2/c1-2-39-27-17-24-26(16-23(27)22-8-4-5-9-25(22)30(31,32)33)35-18-20(28(24)29(34)38)19-36-14-10-21(11-15-36)37-12-6-3-7-13-37/h4-5,8-9,16-18,21H,2-3,6-7,10-15,19H2,1H3,(H2,34,38). The van der Waals surface area contributed by atoms with Gasteiger partial charge in [0.15, 0.2) is 0 Å². The van der Waals surface area contributed by atoms with Gasteiger partial charge in [0, 0.05) is 29.7 Å². The number of ether oxygens (including phenoxy) is 1. The molecule has 3 aromatic rings. The molecule has 2 N–H and O–H groups in total. The van der Waals surface area contributed by atoms with Crippen molar-refractivity contribution in [1.82, 2.24) is 14.8 Å². The van der Waals surface area contributed by atoms with Gasteiger partial charge < -0.3 is 15.4 Å². The summed E-state index contributed by atoms with van der Waals surface area (Å²) in [6.45, 7) is 6.77. The summed E-state index contributed by atoms with van der Waals surface area (Å²) < 4.78 is 47.2. The highest BCUT2D eigenvalue weighted by Gasteiger charge is 2.34. The van der Waals surface area contributed by atoms with Crippen LogP contribution in [-0.4, -0.2) is 59.5 Å². The molecule has 2 aliphatic heterocycles.